The Morgan fingerprint density at radius 3 is 2.35 bits per heavy atom. The zero-order chi connectivity index (χ0) is 12.8. The lowest BCUT2D eigenvalue weighted by molar-refractivity contribution is 0.455. The van der Waals surface area contributed by atoms with E-state index in [9.17, 15) is 13.5 Å². The molecule has 1 atom stereocenters. The molecule has 2 rings (SSSR count). The molecule has 1 aromatic carbocycles. The fourth-order valence-corrected chi connectivity index (χ4v) is 3.04. The second-order valence-corrected chi connectivity index (χ2v) is 6.88. The minimum absolute atomic E-state index is 0.00554. The Labute approximate surface area is 101 Å². The van der Waals surface area contributed by atoms with Crippen molar-refractivity contribution in [1.29, 1.82) is 0 Å². The fraction of sp³-hybridized carbons (Fsp3) is 0.500. The summed E-state index contributed by atoms with van der Waals surface area (Å²) in [5, 5.41) is 9.78. The number of rotatable bonds is 3. The lowest BCUT2D eigenvalue weighted by Gasteiger charge is -2.20. The Bertz CT molecular complexity index is 545. The monoisotopic (exact) mass is 255 g/mol. The lowest BCUT2D eigenvalue weighted by atomic mass is 9.89. The number of hydrogen-bond donors (Lipinski definition) is 2. The van der Waals surface area contributed by atoms with Gasteiger partial charge in [-0.1, -0.05) is 6.07 Å². The number of benzene rings is 1. The molecule has 1 fully saturated rings. The summed E-state index contributed by atoms with van der Waals surface area (Å²) in [6.45, 7) is 1.94. The van der Waals surface area contributed by atoms with E-state index in [0.717, 1.165) is 24.7 Å². The molecule has 1 unspecified atom stereocenters. The van der Waals surface area contributed by atoms with Gasteiger partial charge >= 0.3 is 0 Å². The molecule has 94 valence electrons. The quantitative estimate of drug-likeness (QED) is 0.849. The Morgan fingerprint density at radius 2 is 2.00 bits per heavy atom. The molecule has 3 N–H and O–H groups in total. The molecular weight excluding hydrogens is 238 g/mol. The maximum Gasteiger partial charge on any atom is 0.179 e. The van der Waals surface area contributed by atoms with Crippen LogP contribution in [0.3, 0.4) is 0 Å². The van der Waals surface area contributed by atoms with Gasteiger partial charge in [-0.05, 0) is 37.5 Å². The van der Waals surface area contributed by atoms with Crippen LogP contribution in [0.15, 0.2) is 23.1 Å². The summed E-state index contributed by atoms with van der Waals surface area (Å²) in [6, 6.07) is 4.76. The van der Waals surface area contributed by atoms with E-state index in [4.69, 9.17) is 5.73 Å². The average molecular weight is 255 g/mol. The second kappa shape index (κ2) is 3.71. The van der Waals surface area contributed by atoms with Crippen molar-refractivity contribution in [3.05, 3.63) is 23.8 Å². The normalized spacial score (nSPS) is 19.9. The van der Waals surface area contributed by atoms with Crippen molar-refractivity contribution in [1.82, 2.24) is 0 Å². The fourth-order valence-electron chi connectivity index (χ4n) is 2.28. The molecule has 0 bridgehead atoms. The number of aromatic hydroxyl groups is 1. The zero-order valence-corrected chi connectivity index (χ0v) is 10.8. The van der Waals surface area contributed by atoms with E-state index in [-0.39, 0.29) is 22.1 Å². The first-order chi connectivity index (χ1) is 7.77. The van der Waals surface area contributed by atoms with Gasteiger partial charge in [-0.15, -0.1) is 0 Å². The number of sulfone groups is 1. The van der Waals surface area contributed by atoms with E-state index in [1.165, 1.54) is 12.1 Å². The SMILES string of the molecule is CC(N)C1(c2ccc(S(C)(=O)=O)c(O)c2)CC1. The molecule has 0 aromatic heterocycles. The van der Waals surface area contributed by atoms with Crippen molar-refractivity contribution in [2.24, 2.45) is 5.73 Å². The highest BCUT2D eigenvalue weighted by molar-refractivity contribution is 7.90. The Kier molecular flexibility index (Phi) is 2.71. The van der Waals surface area contributed by atoms with Crippen LogP contribution in [0, 0.1) is 0 Å². The van der Waals surface area contributed by atoms with E-state index in [1.54, 1.807) is 6.07 Å². The summed E-state index contributed by atoms with van der Waals surface area (Å²) in [7, 11) is -3.38. The predicted octanol–water partition coefficient (Wildman–Crippen LogP) is 1.17. The highest BCUT2D eigenvalue weighted by atomic mass is 32.2. The van der Waals surface area contributed by atoms with Crippen LogP contribution in [0.1, 0.15) is 25.3 Å². The Hall–Kier alpha value is -1.07. The van der Waals surface area contributed by atoms with Gasteiger partial charge in [0.2, 0.25) is 0 Å². The van der Waals surface area contributed by atoms with Crippen LogP contribution in [0.4, 0.5) is 0 Å². The Morgan fingerprint density at radius 1 is 1.41 bits per heavy atom. The summed E-state index contributed by atoms with van der Waals surface area (Å²) in [5.41, 5.74) is 6.79. The second-order valence-electron chi connectivity index (χ2n) is 4.90. The molecule has 1 aliphatic rings. The van der Waals surface area contributed by atoms with Gasteiger partial charge in [-0.2, -0.15) is 0 Å². The molecular formula is C12H17NO3S. The summed E-state index contributed by atoms with van der Waals surface area (Å²) >= 11 is 0. The van der Waals surface area contributed by atoms with Crippen LogP contribution in [-0.2, 0) is 15.3 Å². The third-order valence-corrected chi connectivity index (χ3v) is 4.74. The van der Waals surface area contributed by atoms with Gasteiger partial charge in [-0.3, -0.25) is 0 Å². The van der Waals surface area contributed by atoms with E-state index in [1.807, 2.05) is 6.92 Å². The molecule has 0 heterocycles. The van der Waals surface area contributed by atoms with Gasteiger partial charge in [0.1, 0.15) is 10.6 Å². The summed E-state index contributed by atoms with van der Waals surface area (Å²) in [4.78, 5) is -0.0262. The molecule has 1 aliphatic carbocycles. The number of phenolic OH excluding ortho intramolecular Hbond substituents is 1. The topological polar surface area (TPSA) is 80.4 Å². The molecule has 0 amide bonds. The maximum absolute atomic E-state index is 11.4. The first kappa shape index (κ1) is 12.4. The van der Waals surface area contributed by atoms with Gasteiger partial charge < -0.3 is 10.8 Å². The predicted molar refractivity (Wildman–Crippen MR) is 65.8 cm³/mol. The van der Waals surface area contributed by atoms with Crippen molar-refractivity contribution in [2.45, 2.75) is 36.1 Å². The molecule has 4 nitrogen and oxygen atoms in total. The highest BCUT2D eigenvalue weighted by Crippen LogP contribution is 2.51. The van der Waals surface area contributed by atoms with E-state index in [2.05, 4.69) is 0 Å². The van der Waals surface area contributed by atoms with Crippen molar-refractivity contribution < 1.29 is 13.5 Å². The standard InChI is InChI=1S/C12H17NO3S/c1-8(13)12(5-6-12)9-3-4-11(10(14)7-9)17(2,15)16/h3-4,7-8,14H,5-6,13H2,1-2H3. The first-order valence-corrected chi connectivity index (χ1v) is 7.46. The molecule has 0 spiro atoms. The third-order valence-electron chi connectivity index (χ3n) is 3.59. The van der Waals surface area contributed by atoms with Gasteiger partial charge in [-0.25, -0.2) is 8.42 Å². The summed E-state index contributed by atoms with van der Waals surface area (Å²) < 4.78 is 22.8. The minimum atomic E-state index is -3.38. The summed E-state index contributed by atoms with van der Waals surface area (Å²) in [5.74, 6) is -0.183. The van der Waals surface area contributed by atoms with Crippen LogP contribution in [0.25, 0.3) is 0 Å². The van der Waals surface area contributed by atoms with Crippen molar-refractivity contribution in [2.75, 3.05) is 6.26 Å². The molecule has 1 aromatic rings. The minimum Gasteiger partial charge on any atom is -0.507 e. The van der Waals surface area contributed by atoms with Crippen LogP contribution < -0.4 is 5.73 Å². The number of nitrogens with two attached hydrogens (primary N) is 1. The van der Waals surface area contributed by atoms with Crippen molar-refractivity contribution in [3.8, 4) is 5.75 Å². The molecule has 0 aliphatic heterocycles. The smallest absolute Gasteiger partial charge is 0.179 e. The highest BCUT2D eigenvalue weighted by Gasteiger charge is 2.47. The molecule has 5 heteroatoms. The van der Waals surface area contributed by atoms with Crippen molar-refractivity contribution in [3.63, 3.8) is 0 Å². The zero-order valence-electron chi connectivity index (χ0n) is 9.97. The van der Waals surface area contributed by atoms with Gasteiger partial charge in [0, 0.05) is 17.7 Å². The molecule has 17 heavy (non-hydrogen) atoms. The van der Waals surface area contributed by atoms with E-state index < -0.39 is 9.84 Å². The first-order valence-electron chi connectivity index (χ1n) is 5.56. The molecule has 0 radical (unpaired) electrons. The van der Waals surface area contributed by atoms with Crippen LogP contribution in [-0.4, -0.2) is 25.8 Å². The van der Waals surface area contributed by atoms with Crippen LogP contribution in [0.5, 0.6) is 5.75 Å². The Balaban J connectivity index is 2.46. The largest absolute Gasteiger partial charge is 0.507 e. The lowest BCUT2D eigenvalue weighted by Crippen LogP contribution is -2.31. The number of phenols is 1. The van der Waals surface area contributed by atoms with Crippen LogP contribution in [0.2, 0.25) is 0 Å². The molecule has 1 saturated carbocycles. The third kappa shape index (κ3) is 2.05. The number of hydrogen-bond acceptors (Lipinski definition) is 4. The van der Waals surface area contributed by atoms with Gasteiger partial charge in [0.05, 0.1) is 0 Å². The average Bonchev–Trinajstić information content (AvgIpc) is 2.95. The van der Waals surface area contributed by atoms with Crippen molar-refractivity contribution >= 4 is 9.84 Å². The van der Waals surface area contributed by atoms with Gasteiger partial charge in [0.15, 0.2) is 9.84 Å². The summed E-state index contributed by atoms with van der Waals surface area (Å²) in [6.07, 6.45) is 3.06. The molecule has 0 saturated heterocycles. The van der Waals surface area contributed by atoms with E-state index in [0.29, 0.717) is 0 Å². The van der Waals surface area contributed by atoms with Gasteiger partial charge in [0.25, 0.3) is 0 Å². The van der Waals surface area contributed by atoms with Crippen LogP contribution >= 0.6 is 0 Å². The maximum atomic E-state index is 11.4. The van der Waals surface area contributed by atoms with E-state index >= 15 is 0 Å².